The van der Waals surface area contributed by atoms with E-state index >= 15 is 0 Å². The molecule has 0 saturated carbocycles. The topological polar surface area (TPSA) is 54.3 Å². The van der Waals surface area contributed by atoms with Gasteiger partial charge >= 0.3 is 0 Å². The second-order valence-electron chi connectivity index (χ2n) is 4.12. The maximum atomic E-state index is 8.72. The van der Waals surface area contributed by atoms with Gasteiger partial charge in [0.05, 0.1) is 31.7 Å². The van der Waals surface area contributed by atoms with E-state index in [2.05, 4.69) is 11.4 Å². The van der Waals surface area contributed by atoms with Gasteiger partial charge in [-0.25, -0.2) is 0 Å². The Morgan fingerprint density at radius 3 is 2.63 bits per heavy atom. The number of nitrogens with one attached hydrogen (secondary N) is 1. The van der Waals surface area contributed by atoms with Gasteiger partial charge in [0.15, 0.2) is 11.5 Å². The maximum Gasteiger partial charge on any atom is 0.179 e. The van der Waals surface area contributed by atoms with Gasteiger partial charge in [-0.3, -0.25) is 0 Å². The number of hydrogen-bond acceptors (Lipinski definition) is 4. The molecular weight excluding hydrogens is 264 g/mol. The highest BCUT2D eigenvalue weighted by Gasteiger charge is 2.14. The lowest BCUT2D eigenvalue weighted by Crippen LogP contribution is -2.27. The summed E-state index contributed by atoms with van der Waals surface area (Å²) in [6.07, 6.45) is 1.39. The number of benzene rings is 1. The number of hydrogen-bond donors (Lipinski definition) is 1. The molecule has 0 aliphatic rings. The maximum absolute atomic E-state index is 8.72. The van der Waals surface area contributed by atoms with Crippen LogP contribution in [0.1, 0.15) is 25.3 Å². The summed E-state index contributed by atoms with van der Waals surface area (Å²) in [4.78, 5) is 0. The largest absolute Gasteiger partial charge is 0.493 e. The Kier molecular flexibility index (Phi) is 6.48. The van der Waals surface area contributed by atoms with Crippen LogP contribution in [-0.4, -0.2) is 20.3 Å². The Morgan fingerprint density at radius 1 is 1.37 bits per heavy atom. The molecule has 1 N–H and O–H groups in total. The lowest BCUT2D eigenvalue weighted by atomic mass is 10.1. The minimum atomic E-state index is 0.175. The van der Waals surface area contributed by atoms with Gasteiger partial charge in [0, 0.05) is 12.6 Å². The van der Waals surface area contributed by atoms with Gasteiger partial charge in [0.1, 0.15) is 0 Å². The van der Waals surface area contributed by atoms with E-state index in [1.54, 1.807) is 14.2 Å². The summed E-state index contributed by atoms with van der Waals surface area (Å²) < 4.78 is 10.4. The summed E-state index contributed by atoms with van der Waals surface area (Å²) in [5, 5.41) is 12.6. The highest BCUT2D eigenvalue weighted by molar-refractivity contribution is 6.33. The molecular formula is C14H19ClN2O2. The van der Waals surface area contributed by atoms with Gasteiger partial charge in [0.25, 0.3) is 0 Å². The van der Waals surface area contributed by atoms with Crippen LogP contribution in [0, 0.1) is 11.3 Å². The van der Waals surface area contributed by atoms with Crippen LogP contribution in [0.3, 0.4) is 0 Å². The molecule has 19 heavy (non-hydrogen) atoms. The van der Waals surface area contributed by atoms with Gasteiger partial charge in [-0.2, -0.15) is 5.26 Å². The first-order chi connectivity index (χ1) is 9.17. The van der Waals surface area contributed by atoms with Crippen molar-refractivity contribution in [1.29, 1.82) is 5.26 Å². The number of nitrogens with zero attached hydrogens (tertiary/aromatic N) is 1. The van der Waals surface area contributed by atoms with Gasteiger partial charge < -0.3 is 14.8 Å². The summed E-state index contributed by atoms with van der Waals surface area (Å²) in [7, 11) is 3.14. The Bertz CT molecular complexity index is 457. The third-order valence-electron chi connectivity index (χ3n) is 2.98. The molecule has 0 aliphatic carbocycles. The molecule has 0 spiro atoms. The van der Waals surface area contributed by atoms with Crippen LogP contribution >= 0.6 is 11.6 Å². The van der Waals surface area contributed by atoms with Crippen LogP contribution in [0.2, 0.25) is 5.02 Å². The average molecular weight is 283 g/mol. The van der Waals surface area contributed by atoms with Crippen molar-refractivity contribution in [2.24, 2.45) is 0 Å². The van der Waals surface area contributed by atoms with Crippen molar-refractivity contribution < 1.29 is 9.47 Å². The normalized spacial score (nSPS) is 11.7. The molecule has 0 aromatic heterocycles. The smallest absolute Gasteiger partial charge is 0.179 e. The van der Waals surface area contributed by atoms with Crippen molar-refractivity contribution in [2.45, 2.75) is 32.4 Å². The number of nitriles is 1. The van der Waals surface area contributed by atoms with Gasteiger partial charge in [-0.15, -0.1) is 0 Å². The standard InChI is InChI=1S/C14H19ClN2O2/c1-4-11(7-8-16)17-9-10-5-6-12(18-2)14(19-3)13(10)15/h5-6,11,17H,4,7,9H2,1-3H3. The Hall–Kier alpha value is -1.44. The van der Waals surface area contributed by atoms with E-state index in [9.17, 15) is 0 Å². The highest BCUT2D eigenvalue weighted by atomic mass is 35.5. The van der Waals surface area contributed by atoms with Crippen LogP contribution in [0.15, 0.2) is 12.1 Å². The van der Waals surface area contributed by atoms with Crippen LogP contribution in [-0.2, 0) is 6.54 Å². The van der Waals surface area contributed by atoms with Crippen LogP contribution in [0.5, 0.6) is 11.5 Å². The summed E-state index contributed by atoms with van der Waals surface area (Å²) >= 11 is 6.29. The number of methoxy groups -OCH3 is 2. The molecule has 5 heteroatoms. The van der Waals surface area contributed by atoms with Crippen LogP contribution in [0.25, 0.3) is 0 Å². The number of halogens is 1. The fraction of sp³-hybridized carbons (Fsp3) is 0.500. The fourth-order valence-electron chi connectivity index (χ4n) is 1.79. The van der Waals surface area contributed by atoms with E-state index in [1.165, 1.54) is 0 Å². The second kappa shape index (κ2) is 7.88. The molecule has 1 aromatic carbocycles. The first kappa shape index (κ1) is 15.6. The number of ether oxygens (including phenoxy) is 2. The summed E-state index contributed by atoms with van der Waals surface area (Å²) in [6.45, 7) is 2.64. The van der Waals surface area contributed by atoms with E-state index < -0.39 is 0 Å². The highest BCUT2D eigenvalue weighted by Crippen LogP contribution is 2.37. The Balaban J connectivity index is 2.82. The van der Waals surface area contributed by atoms with E-state index in [1.807, 2.05) is 19.1 Å². The zero-order chi connectivity index (χ0) is 14.3. The molecule has 1 unspecified atom stereocenters. The summed E-state index contributed by atoms with van der Waals surface area (Å²) in [6, 6.07) is 6.07. The van der Waals surface area contributed by atoms with Crippen LogP contribution < -0.4 is 14.8 Å². The minimum absolute atomic E-state index is 0.175. The molecule has 0 bridgehead atoms. The fourth-order valence-corrected chi connectivity index (χ4v) is 2.09. The predicted octanol–water partition coefficient (Wildman–Crippen LogP) is 3.14. The monoisotopic (exact) mass is 282 g/mol. The van der Waals surface area contributed by atoms with Crippen molar-refractivity contribution in [3.8, 4) is 17.6 Å². The van der Waals surface area contributed by atoms with Crippen molar-refractivity contribution in [2.75, 3.05) is 14.2 Å². The lowest BCUT2D eigenvalue weighted by Gasteiger charge is -2.16. The molecule has 4 nitrogen and oxygen atoms in total. The molecule has 0 heterocycles. The van der Waals surface area contributed by atoms with Gasteiger partial charge in [-0.05, 0) is 18.1 Å². The van der Waals surface area contributed by atoms with E-state index in [0.717, 1.165) is 12.0 Å². The average Bonchev–Trinajstić information content (AvgIpc) is 2.44. The second-order valence-corrected chi connectivity index (χ2v) is 4.50. The van der Waals surface area contributed by atoms with Crippen molar-refractivity contribution in [3.63, 3.8) is 0 Å². The Labute approximate surface area is 119 Å². The number of rotatable bonds is 7. The van der Waals surface area contributed by atoms with E-state index in [-0.39, 0.29) is 6.04 Å². The van der Waals surface area contributed by atoms with Gasteiger partial charge in [0.2, 0.25) is 0 Å². The SMILES string of the molecule is CCC(CC#N)NCc1ccc(OC)c(OC)c1Cl. The summed E-state index contributed by atoms with van der Waals surface area (Å²) in [5.41, 5.74) is 0.927. The van der Waals surface area contributed by atoms with Crippen molar-refractivity contribution >= 4 is 11.6 Å². The molecule has 0 saturated heterocycles. The quantitative estimate of drug-likeness (QED) is 0.835. The molecule has 0 fully saturated rings. The summed E-state index contributed by atoms with van der Waals surface area (Å²) in [5.74, 6) is 1.15. The van der Waals surface area contributed by atoms with E-state index in [0.29, 0.717) is 29.5 Å². The van der Waals surface area contributed by atoms with E-state index in [4.69, 9.17) is 26.3 Å². The van der Waals surface area contributed by atoms with Gasteiger partial charge in [-0.1, -0.05) is 24.6 Å². The molecule has 104 valence electrons. The molecule has 1 atom stereocenters. The molecule has 1 rings (SSSR count). The molecule has 0 aliphatic heterocycles. The zero-order valence-electron chi connectivity index (χ0n) is 11.5. The molecule has 0 amide bonds. The minimum Gasteiger partial charge on any atom is -0.493 e. The van der Waals surface area contributed by atoms with Crippen molar-refractivity contribution in [3.05, 3.63) is 22.7 Å². The third kappa shape index (κ3) is 4.02. The third-order valence-corrected chi connectivity index (χ3v) is 3.39. The Morgan fingerprint density at radius 2 is 2.11 bits per heavy atom. The molecule has 0 radical (unpaired) electrons. The van der Waals surface area contributed by atoms with Crippen LogP contribution in [0.4, 0.5) is 0 Å². The first-order valence-corrected chi connectivity index (χ1v) is 6.55. The molecule has 1 aromatic rings. The van der Waals surface area contributed by atoms with Crippen molar-refractivity contribution in [1.82, 2.24) is 5.32 Å². The lowest BCUT2D eigenvalue weighted by molar-refractivity contribution is 0.354. The zero-order valence-corrected chi connectivity index (χ0v) is 12.3. The predicted molar refractivity (Wildman–Crippen MR) is 75.7 cm³/mol. The first-order valence-electron chi connectivity index (χ1n) is 6.17.